The lowest BCUT2D eigenvalue weighted by Gasteiger charge is -1.93. The number of pyridine rings is 1. The van der Waals surface area contributed by atoms with E-state index in [4.69, 9.17) is 0 Å². The van der Waals surface area contributed by atoms with Crippen LogP contribution in [0.2, 0.25) is 0 Å². The predicted octanol–water partition coefficient (Wildman–Crippen LogP) is 3.59. The first-order valence-corrected chi connectivity index (χ1v) is 5.33. The number of benzene rings is 1. The Hall–Kier alpha value is -1.48. The van der Waals surface area contributed by atoms with Crippen molar-refractivity contribution in [3.8, 4) is 0 Å². The molecule has 1 heterocycles. The molecule has 1 aromatic carbocycles. The molecule has 74 valence electrons. The zero-order valence-corrected chi connectivity index (χ0v) is 9.55. The molecule has 0 unspecified atom stereocenters. The van der Waals surface area contributed by atoms with E-state index in [0.717, 1.165) is 15.7 Å². The third-order valence-electron chi connectivity index (χ3n) is 1.90. The fourth-order valence-corrected chi connectivity index (χ4v) is 1.39. The van der Waals surface area contributed by atoms with Crippen molar-refractivity contribution in [2.24, 2.45) is 4.99 Å². The van der Waals surface area contributed by atoms with E-state index in [9.17, 15) is 0 Å². The molecule has 0 aliphatic heterocycles. The van der Waals surface area contributed by atoms with Gasteiger partial charge in [0.15, 0.2) is 0 Å². The summed E-state index contributed by atoms with van der Waals surface area (Å²) in [7, 11) is 0. The minimum absolute atomic E-state index is 0.910. The number of aromatic nitrogens is 1. The van der Waals surface area contributed by atoms with Crippen LogP contribution in [-0.2, 0) is 0 Å². The Morgan fingerprint density at radius 3 is 2.33 bits per heavy atom. The van der Waals surface area contributed by atoms with E-state index >= 15 is 0 Å². The van der Waals surface area contributed by atoms with E-state index in [1.165, 1.54) is 0 Å². The van der Waals surface area contributed by atoms with Gasteiger partial charge in [-0.3, -0.25) is 9.98 Å². The van der Waals surface area contributed by atoms with Crippen molar-refractivity contribution >= 4 is 27.8 Å². The van der Waals surface area contributed by atoms with Crippen LogP contribution in [0, 0.1) is 0 Å². The van der Waals surface area contributed by atoms with Gasteiger partial charge in [-0.1, -0.05) is 28.1 Å². The minimum Gasteiger partial charge on any atom is -0.265 e. The van der Waals surface area contributed by atoms with Gasteiger partial charge in [-0.15, -0.1) is 0 Å². The molecular weight excluding hydrogens is 252 g/mol. The molecule has 2 aromatic rings. The summed E-state index contributed by atoms with van der Waals surface area (Å²) in [6.07, 6.45) is 5.30. The number of rotatable bonds is 2. The first-order valence-electron chi connectivity index (χ1n) is 4.54. The lowest BCUT2D eigenvalue weighted by atomic mass is 10.2. The van der Waals surface area contributed by atoms with Crippen LogP contribution in [0.25, 0.3) is 0 Å². The van der Waals surface area contributed by atoms with E-state index in [1.807, 2.05) is 42.6 Å². The maximum absolute atomic E-state index is 4.33. The second kappa shape index (κ2) is 4.84. The lowest BCUT2D eigenvalue weighted by molar-refractivity contribution is 1.32. The number of aliphatic imine (C=N–C) groups is 1. The van der Waals surface area contributed by atoms with Crippen molar-refractivity contribution in [1.29, 1.82) is 0 Å². The highest BCUT2D eigenvalue weighted by Gasteiger charge is 1.88. The van der Waals surface area contributed by atoms with Gasteiger partial charge in [0.2, 0.25) is 0 Å². The van der Waals surface area contributed by atoms with Crippen molar-refractivity contribution < 1.29 is 0 Å². The third-order valence-corrected chi connectivity index (χ3v) is 2.42. The quantitative estimate of drug-likeness (QED) is 0.758. The summed E-state index contributed by atoms with van der Waals surface area (Å²) in [6.45, 7) is 0. The molecule has 15 heavy (non-hydrogen) atoms. The smallest absolute Gasteiger partial charge is 0.0660 e. The molecular formula is C12H9BrN2. The lowest BCUT2D eigenvalue weighted by Crippen LogP contribution is -1.79. The average Bonchev–Trinajstić information content (AvgIpc) is 2.30. The molecule has 2 rings (SSSR count). The van der Waals surface area contributed by atoms with E-state index in [1.54, 1.807) is 12.4 Å². The van der Waals surface area contributed by atoms with E-state index < -0.39 is 0 Å². The Morgan fingerprint density at radius 1 is 1.00 bits per heavy atom. The Kier molecular flexibility index (Phi) is 3.25. The Morgan fingerprint density at radius 2 is 1.67 bits per heavy atom. The molecule has 2 nitrogen and oxygen atoms in total. The maximum Gasteiger partial charge on any atom is 0.0660 e. The first-order chi connectivity index (χ1) is 7.34. The summed E-state index contributed by atoms with van der Waals surface area (Å²) in [5, 5.41) is 0. The van der Waals surface area contributed by atoms with Crippen molar-refractivity contribution in [3.05, 3.63) is 58.8 Å². The molecule has 0 radical (unpaired) electrons. The number of hydrogen-bond acceptors (Lipinski definition) is 2. The Labute approximate surface area is 96.8 Å². The third kappa shape index (κ3) is 2.99. The van der Waals surface area contributed by atoms with Gasteiger partial charge in [-0.2, -0.15) is 0 Å². The van der Waals surface area contributed by atoms with Gasteiger partial charge in [0, 0.05) is 23.1 Å². The summed E-state index contributed by atoms with van der Waals surface area (Å²) in [5.74, 6) is 0. The van der Waals surface area contributed by atoms with Gasteiger partial charge in [0.25, 0.3) is 0 Å². The molecule has 3 heteroatoms. The molecule has 0 atom stereocenters. The van der Waals surface area contributed by atoms with Crippen molar-refractivity contribution in [2.45, 2.75) is 0 Å². The van der Waals surface area contributed by atoms with Gasteiger partial charge in [-0.05, 0) is 29.8 Å². The predicted molar refractivity (Wildman–Crippen MR) is 65.6 cm³/mol. The summed E-state index contributed by atoms with van der Waals surface area (Å²) in [5.41, 5.74) is 1.99. The average molecular weight is 261 g/mol. The second-order valence-electron chi connectivity index (χ2n) is 3.02. The highest BCUT2D eigenvalue weighted by Crippen LogP contribution is 2.11. The van der Waals surface area contributed by atoms with Crippen molar-refractivity contribution in [1.82, 2.24) is 4.98 Å². The molecule has 0 fully saturated rings. The zero-order chi connectivity index (χ0) is 10.5. The molecule has 0 aliphatic carbocycles. The van der Waals surface area contributed by atoms with Gasteiger partial charge < -0.3 is 0 Å². The molecule has 0 spiro atoms. The Bertz CT molecular complexity index is 449. The fraction of sp³-hybridized carbons (Fsp3) is 0. The van der Waals surface area contributed by atoms with E-state index in [-0.39, 0.29) is 0 Å². The van der Waals surface area contributed by atoms with Gasteiger partial charge in [0.1, 0.15) is 0 Å². The van der Waals surface area contributed by atoms with Crippen molar-refractivity contribution in [3.63, 3.8) is 0 Å². The van der Waals surface area contributed by atoms with Crippen LogP contribution in [0.5, 0.6) is 0 Å². The summed E-state index contributed by atoms with van der Waals surface area (Å²) in [4.78, 5) is 8.26. The van der Waals surface area contributed by atoms with E-state index in [2.05, 4.69) is 25.9 Å². The highest BCUT2D eigenvalue weighted by atomic mass is 79.9. The van der Waals surface area contributed by atoms with E-state index in [0.29, 0.717) is 0 Å². The topological polar surface area (TPSA) is 25.2 Å². The van der Waals surface area contributed by atoms with Gasteiger partial charge in [-0.25, -0.2) is 0 Å². The standard InChI is InChI=1S/C12H9BrN2/c13-11-3-1-10(2-4-11)9-15-12-5-7-14-8-6-12/h1-9H/b15-9+. The maximum atomic E-state index is 4.33. The minimum atomic E-state index is 0.910. The van der Waals surface area contributed by atoms with Crippen molar-refractivity contribution in [2.75, 3.05) is 0 Å². The number of nitrogens with zero attached hydrogens (tertiary/aromatic N) is 2. The molecule has 0 bridgehead atoms. The van der Waals surface area contributed by atoms with Crippen LogP contribution in [0.3, 0.4) is 0 Å². The summed E-state index contributed by atoms with van der Waals surface area (Å²) in [6, 6.07) is 11.7. The SMILES string of the molecule is Brc1ccc(/C=N/c2ccncc2)cc1. The Balaban J connectivity index is 2.15. The second-order valence-corrected chi connectivity index (χ2v) is 3.93. The molecule has 0 amide bonds. The fourth-order valence-electron chi connectivity index (χ4n) is 1.13. The van der Waals surface area contributed by atoms with Crippen LogP contribution in [-0.4, -0.2) is 11.2 Å². The van der Waals surface area contributed by atoms with Crippen LogP contribution < -0.4 is 0 Å². The highest BCUT2D eigenvalue weighted by molar-refractivity contribution is 9.10. The first kappa shape index (κ1) is 10.1. The van der Waals surface area contributed by atoms with Crippen LogP contribution >= 0.6 is 15.9 Å². The molecule has 0 N–H and O–H groups in total. The largest absolute Gasteiger partial charge is 0.265 e. The number of hydrogen-bond donors (Lipinski definition) is 0. The van der Waals surface area contributed by atoms with Crippen LogP contribution in [0.4, 0.5) is 5.69 Å². The summed E-state index contributed by atoms with van der Waals surface area (Å²) >= 11 is 3.39. The van der Waals surface area contributed by atoms with Crippen LogP contribution in [0.15, 0.2) is 58.3 Å². The van der Waals surface area contributed by atoms with Gasteiger partial charge >= 0.3 is 0 Å². The molecule has 1 aromatic heterocycles. The molecule has 0 saturated carbocycles. The molecule has 0 aliphatic rings. The molecule has 0 saturated heterocycles. The monoisotopic (exact) mass is 260 g/mol. The summed E-state index contributed by atoms with van der Waals surface area (Å²) < 4.78 is 1.07. The zero-order valence-electron chi connectivity index (χ0n) is 7.97. The number of halogens is 1. The normalized spacial score (nSPS) is 10.7. The van der Waals surface area contributed by atoms with Gasteiger partial charge in [0.05, 0.1) is 5.69 Å². The van der Waals surface area contributed by atoms with Crippen LogP contribution in [0.1, 0.15) is 5.56 Å².